The van der Waals surface area contributed by atoms with Crippen LogP contribution in [0.3, 0.4) is 0 Å². The highest BCUT2D eigenvalue weighted by atomic mass is 79.9. The molecule has 30 heavy (non-hydrogen) atoms. The van der Waals surface area contributed by atoms with Crippen molar-refractivity contribution in [2.75, 3.05) is 5.01 Å². The third-order valence-electron chi connectivity index (χ3n) is 4.63. The summed E-state index contributed by atoms with van der Waals surface area (Å²) in [5.74, 6) is -0.220. The molecule has 1 aromatic heterocycles. The largest absolute Gasteiger partial charge is 0.317 e. The number of nitrogens with two attached hydrogens (primary N) is 1. The van der Waals surface area contributed by atoms with Crippen LogP contribution in [0.5, 0.6) is 0 Å². The number of carbonyl (C=O) groups excluding carboxylic acids is 1. The van der Waals surface area contributed by atoms with Crippen LogP contribution >= 0.6 is 15.9 Å². The molecule has 2 heterocycles. The van der Waals surface area contributed by atoms with Gasteiger partial charge in [-0.25, -0.2) is 13.6 Å². The molecule has 0 unspecified atom stereocenters. The van der Waals surface area contributed by atoms with Crippen molar-refractivity contribution in [3.8, 4) is 5.69 Å². The fourth-order valence-corrected chi connectivity index (χ4v) is 4.06. The summed E-state index contributed by atoms with van der Waals surface area (Å²) >= 11 is 3.41. The maximum Gasteiger partial charge on any atom is 0.280 e. The first-order chi connectivity index (χ1) is 14.2. The van der Waals surface area contributed by atoms with Crippen LogP contribution < -0.4 is 10.1 Å². The molecule has 7 nitrogen and oxygen atoms in total. The van der Waals surface area contributed by atoms with Crippen LogP contribution in [-0.2, 0) is 14.8 Å². The summed E-state index contributed by atoms with van der Waals surface area (Å²) in [6.45, 7) is 1.79. The minimum Gasteiger partial charge on any atom is -0.317 e. The topological polar surface area (TPSA) is 97.8 Å². The van der Waals surface area contributed by atoms with Gasteiger partial charge in [-0.3, -0.25) is 4.79 Å². The number of aromatic nitrogens is 1. The van der Waals surface area contributed by atoms with Gasteiger partial charge in [0, 0.05) is 22.1 Å². The second kappa shape index (κ2) is 7.67. The Morgan fingerprint density at radius 3 is 2.43 bits per heavy atom. The van der Waals surface area contributed by atoms with Gasteiger partial charge in [0.1, 0.15) is 0 Å². The Balaban J connectivity index is 1.68. The Morgan fingerprint density at radius 2 is 1.77 bits per heavy atom. The number of nitrogens with zero attached hydrogens (tertiary/aromatic N) is 3. The summed E-state index contributed by atoms with van der Waals surface area (Å²) in [5, 5.41) is 10.9. The molecule has 152 valence electrons. The number of amides is 1. The number of benzene rings is 2. The SMILES string of the molecule is CC1=NN(c2cccc(Br)c2)C(=O)/C1=C\c1cccn1-c1ccc(S(N)(=O)=O)cc1. The van der Waals surface area contributed by atoms with Crippen molar-refractivity contribution in [2.45, 2.75) is 11.8 Å². The van der Waals surface area contributed by atoms with Gasteiger partial charge in [-0.2, -0.15) is 10.1 Å². The standard InChI is InChI=1S/C21H17BrN4O3S/c1-14-20(21(27)26(24-14)18-5-2-4-15(22)12-18)13-17-6-3-11-25(17)16-7-9-19(10-8-16)30(23,28)29/h2-13H,1H3,(H2,23,28,29)/b20-13-. The Hall–Kier alpha value is -3.01. The minimum absolute atomic E-state index is 0.0388. The molecule has 0 saturated heterocycles. The number of hydrogen-bond acceptors (Lipinski definition) is 4. The fourth-order valence-electron chi connectivity index (χ4n) is 3.16. The first-order valence-corrected chi connectivity index (χ1v) is 11.3. The van der Waals surface area contributed by atoms with Crippen LogP contribution in [0.25, 0.3) is 11.8 Å². The van der Waals surface area contributed by atoms with Gasteiger partial charge in [-0.05, 0) is 67.6 Å². The molecule has 0 fully saturated rings. The molecule has 2 N–H and O–H groups in total. The highest BCUT2D eigenvalue weighted by Gasteiger charge is 2.29. The Labute approximate surface area is 182 Å². The van der Waals surface area contributed by atoms with Gasteiger partial charge < -0.3 is 4.57 Å². The van der Waals surface area contributed by atoms with Crippen molar-refractivity contribution in [3.63, 3.8) is 0 Å². The lowest BCUT2D eigenvalue weighted by Crippen LogP contribution is -2.21. The van der Waals surface area contributed by atoms with Gasteiger partial charge >= 0.3 is 0 Å². The molecular weight excluding hydrogens is 468 g/mol. The van der Waals surface area contributed by atoms with Crippen molar-refractivity contribution in [1.29, 1.82) is 0 Å². The van der Waals surface area contributed by atoms with Crippen molar-refractivity contribution >= 4 is 49.3 Å². The van der Waals surface area contributed by atoms with Crippen molar-refractivity contribution in [1.82, 2.24) is 4.57 Å². The maximum absolute atomic E-state index is 13.0. The molecule has 3 aromatic rings. The van der Waals surface area contributed by atoms with E-state index in [0.717, 1.165) is 15.9 Å². The van der Waals surface area contributed by atoms with E-state index in [-0.39, 0.29) is 10.8 Å². The summed E-state index contributed by atoms with van der Waals surface area (Å²) in [4.78, 5) is 13.0. The molecule has 0 atom stereocenters. The van der Waals surface area contributed by atoms with Crippen LogP contribution in [0.15, 0.2) is 86.9 Å². The summed E-state index contributed by atoms with van der Waals surface area (Å²) < 4.78 is 25.6. The molecule has 0 aliphatic carbocycles. The van der Waals surface area contributed by atoms with E-state index < -0.39 is 10.0 Å². The van der Waals surface area contributed by atoms with E-state index in [1.54, 1.807) is 25.1 Å². The van der Waals surface area contributed by atoms with E-state index in [1.165, 1.54) is 17.1 Å². The Bertz CT molecular complexity index is 1310. The van der Waals surface area contributed by atoms with Crippen LogP contribution in [-0.4, -0.2) is 24.6 Å². The summed E-state index contributed by atoms with van der Waals surface area (Å²) in [6, 6.07) is 17.3. The van der Waals surface area contributed by atoms with E-state index in [0.29, 0.717) is 17.0 Å². The molecule has 1 aliphatic heterocycles. The van der Waals surface area contributed by atoms with Crippen molar-refractivity contribution in [2.24, 2.45) is 10.2 Å². The third-order valence-corrected chi connectivity index (χ3v) is 6.05. The van der Waals surface area contributed by atoms with E-state index in [9.17, 15) is 13.2 Å². The average Bonchev–Trinajstić information content (AvgIpc) is 3.27. The molecule has 4 rings (SSSR count). The van der Waals surface area contributed by atoms with Crippen LogP contribution in [0.1, 0.15) is 12.6 Å². The number of halogens is 1. The highest BCUT2D eigenvalue weighted by molar-refractivity contribution is 9.10. The van der Waals surface area contributed by atoms with Gasteiger partial charge in [-0.15, -0.1) is 0 Å². The molecule has 1 amide bonds. The highest BCUT2D eigenvalue weighted by Crippen LogP contribution is 2.27. The number of rotatable bonds is 4. The quantitative estimate of drug-likeness (QED) is 0.571. The first-order valence-electron chi connectivity index (χ1n) is 8.92. The number of hydrazone groups is 1. The van der Waals surface area contributed by atoms with Crippen LogP contribution in [0.2, 0.25) is 0 Å². The van der Waals surface area contributed by atoms with Crippen molar-refractivity contribution in [3.05, 3.63) is 82.6 Å². The van der Waals surface area contributed by atoms with E-state index in [2.05, 4.69) is 21.0 Å². The maximum atomic E-state index is 13.0. The molecule has 1 aliphatic rings. The predicted molar refractivity (Wildman–Crippen MR) is 120 cm³/mol. The molecular formula is C21H17BrN4O3S. The van der Waals surface area contributed by atoms with Crippen LogP contribution in [0.4, 0.5) is 5.69 Å². The Kier molecular flexibility index (Phi) is 5.19. The van der Waals surface area contributed by atoms with Gasteiger partial charge in [0.05, 0.1) is 21.9 Å². The van der Waals surface area contributed by atoms with E-state index in [4.69, 9.17) is 5.14 Å². The van der Waals surface area contributed by atoms with Crippen molar-refractivity contribution < 1.29 is 13.2 Å². The second-order valence-electron chi connectivity index (χ2n) is 6.68. The van der Waals surface area contributed by atoms with Gasteiger partial charge in [-0.1, -0.05) is 22.0 Å². The molecule has 0 saturated carbocycles. The first kappa shape index (κ1) is 20.3. The van der Waals surface area contributed by atoms with Gasteiger partial charge in [0.15, 0.2) is 0 Å². The molecule has 0 spiro atoms. The minimum atomic E-state index is -3.76. The summed E-state index contributed by atoms with van der Waals surface area (Å²) in [6.07, 6.45) is 3.60. The zero-order chi connectivity index (χ0) is 21.5. The molecule has 2 aromatic carbocycles. The normalized spacial score (nSPS) is 15.7. The third kappa shape index (κ3) is 3.87. The fraction of sp³-hybridized carbons (Fsp3) is 0.0476. The molecule has 9 heteroatoms. The zero-order valence-electron chi connectivity index (χ0n) is 15.9. The number of anilines is 1. The molecule has 0 radical (unpaired) electrons. The number of primary sulfonamides is 1. The second-order valence-corrected chi connectivity index (χ2v) is 9.16. The average molecular weight is 485 g/mol. The van der Waals surface area contributed by atoms with Gasteiger partial charge in [0.2, 0.25) is 10.0 Å². The summed E-state index contributed by atoms with van der Waals surface area (Å²) in [5.41, 5.74) is 3.26. The lowest BCUT2D eigenvalue weighted by molar-refractivity contribution is -0.114. The number of sulfonamides is 1. The number of hydrogen-bond donors (Lipinski definition) is 1. The molecule has 0 bridgehead atoms. The van der Waals surface area contributed by atoms with E-state index in [1.807, 2.05) is 47.2 Å². The monoisotopic (exact) mass is 484 g/mol. The summed E-state index contributed by atoms with van der Waals surface area (Å²) in [7, 11) is -3.76. The Morgan fingerprint density at radius 1 is 1.03 bits per heavy atom. The lowest BCUT2D eigenvalue weighted by atomic mass is 10.1. The predicted octanol–water partition coefficient (Wildman–Crippen LogP) is 3.69. The zero-order valence-corrected chi connectivity index (χ0v) is 18.3. The smallest absolute Gasteiger partial charge is 0.280 e. The van der Waals surface area contributed by atoms with Gasteiger partial charge in [0.25, 0.3) is 5.91 Å². The van der Waals surface area contributed by atoms with Crippen LogP contribution in [0, 0.1) is 0 Å². The number of carbonyl (C=O) groups is 1. The van der Waals surface area contributed by atoms with E-state index >= 15 is 0 Å². The lowest BCUT2D eigenvalue weighted by Gasteiger charge is -2.12.